The van der Waals surface area contributed by atoms with Crippen LogP contribution >= 0.6 is 34.5 Å². The Morgan fingerprint density at radius 1 is 1.03 bits per heavy atom. The molecule has 0 unspecified atom stereocenters. The number of halogens is 5. The highest BCUT2D eigenvalue weighted by molar-refractivity contribution is 7.11. The number of hydrogen-bond donors (Lipinski definition) is 2. The summed E-state index contributed by atoms with van der Waals surface area (Å²) < 4.78 is 45.6. The van der Waals surface area contributed by atoms with E-state index in [4.69, 9.17) is 33.7 Å². The fourth-order valence-electron chi connectivity index (χ4n) is 2.90. The van der Waals surface area contributed by atoms with E-state index in [2.05, 4.69) is 15.0 Å². The van der Waals surface area contributed by atoms with E-state index in [0.717, 1.165) is 17.7 Å². The van der Waals surface area contributed by atoms with Crippen LogP contribution in [0.1, 0.15) is 25.9 Å². The Hall–Kier alpha value is -3.02. The van der Waals surface area contributed by atoms with Crippen molar-refractivity contribution in [2.24, 2.45) is 5.73 Å². The number of nitrogens with two attached hydrogens (primary N) is 1. The van der Waals surface area contributed by atoms with Crippen LogP contribution < -0.4 is 20.5 Å². The normalized spacial score (nSPS) is 11.2. The van der Waals surface area contributed by atoms with Gasteiger partial charge in [0.05, 0.1) is 16.6 Å². The number of ether oxygens (including phenoxy) is 2. The molecule has 1 heterocycles. The van der Waals surface area contributed by atoms with Gasteiger partial charge in [-0.25, -0.2) is 4.98 Å². The van der Waals surface area contributed by atoms with Crippen LogP contribution in [0.25, 0.3) is 0 Å². The van der Waals surface area contributed by atoms with E-state index in [1.54, 1.807) is 12.1 Å². The Morgan fingerprint density at radius 3 is 2.34 bits per heavy atom. The Balaban J connectivity index is 1.52. The minimum atomic E-state index is -4.80. The van der Waals surface area contributed by atoms with Crippen LogP contribution in [0.3, 0.4) is 0 Å². The predicted molar refractivity (Wildman–Crippen MR) is 125 cm³/mol. The van der Waals surface area contributed by atoms with Gasteiger partial charge in [-0.3, -0.25) is 9.59 Å². The highest BCUT2D eigenvalue weighted by Crippen LogP contribution is 2.26. The van der Waals surface area contributed by atoms with Gasteiger partial charge in [0.15, 0.2) is 6.61 Å². The minimum Gasteiger partial charge on any atom is -0.484 e. The summed E-state index contributed by atoms with van der Waals surface area (Å²) >= 11 is 13.2. The first-order valence-electron chi connectivity index (χ1n) is 9.98. The van der Waals surface area contributed by atoms with Crippen molar-refractivity contribution < 1.29 is 32.2 Å². The van der Waals surface area contributed by atoms with E-state index in [1.165, 1.54) is 23.5 Å². The van der Waals surface area contributed by atoms with E-state index in [1.807, 2.05) is 6.07 Å². The molecule has 7 nitrogen and oxygen atoms in total. The van der Waals surface area contributed by atoms with Crippen LogP contribution in [0, 0.1) is 0 Å². The molecule has 3 rings (SSSR count). The summed E-state index contributed by atoms with van der Waals surface area (Å²) in [5.74, 6) is -1.39. The molecule has 0 aliphatic rings. The third kappa shape index (κ3) is 8.30. The number of nitrogens with one attached hydrogen (secondary N) is 1. The number of aromatic nitrogens is 1. The van der Waals surface area contributed by atoms with E-state index in [9.17, 15) is 22.8 Å². The number of carbonyl (C=O) groups is 2. The molecule has 0 radical (unpaired) electrons. The molecule has 0 aliphatic carbocycles. The molecule has 0 aliphatic heterocycles. The number of alkyl halides is 3. The predicted octanol–water partition coefficient (Wildman–Crippen LogP) is 4.93. The zero-order valence-electron chi connectivity index (χ0n) is 17.8. The number of rotatable bonds is 10. The Morgan fingerprint density at radius 2 is 1.71 bits per heavy atom. The van der Waals surface area contributed by atoms with Crippen molar-refractivity contribution in [3.8, 4) is 11.5 Å². The van der Waals surface area contributed by atoms with Gasteiger partial charge in [-0.15, -0.1) is 24.5 Å². The molecule has 0 bridgehead atoms. The molecule has 3 N–H and O–H groups in total. The van der Waals surface area contributed by atoms with E-state index in [-0.39, 0.29) is 24.6 Å². The van der Waals surface area contributed by atoms with Crippen molar-refractivity contribution in [2.45, 2.75) is 25.7 Å². The first-order valence-corrected chi connectivity index (χ1v) is 11.5. The van der Waals surface area contributed by atoms with Gasteiger partial charge in [-0.1, -0.05) is 29.3 Å². The lowest BCUT2D eigenvalue weighted by molar-refractivity contribution is -0.274. The summed E-state index contributed by atoms with van der Waals surface area (Å²) in [6.45, 7) is -0.337. The van der Waals surface area contributed by atoms with E-state index in [0.29, 0.717) is 32.8 Å². The smallest absolute Gasteiger partial charge is 0.484 e. The lowest BCUT2D eigenvalue weighted by atomic mass is 10.1. The van der Waals surface area contributed by atoms with Gasteiger partial charge in [0.25, 0.3) is 11.8 Å². The van der Waals surface area contributed by atoms with E-state index >= 15 is 0 Å². The monoisotopic (exact) mass is 547 g/mol. The number of aryl methyl sites for hydroxylation is 2. The van der Waals surface area contributed by atoms with Crippen LogP contribution in [0.2, 0.25) is 10.0 Å². The Labute approximate surface area is 212 Å². The van der Waals surface area contributed by atoms with Crippen molar-refractivity contribution in [3.05, 3.63) is 73.7 Å². The maximum atomic E-state index is 12.2. The second-order valence-electron chi connectivity index (χ2n) is 7.08. The van der Waals surface area contributed by atoms with Gasteiger partial charge in [-0.2, -0.15) is 0 Å². The highest BCUT2D eigenvalue weighted by Gasteiger charge is 2.31. The van der Waals surface area contributed by atoms with Crippen molar-refractivity contribution in [1.29, 1.82) is 0 Å². The lowest BCUT2D eigenvalue weighted by Crippen LogP contribution is -2.28. The van der Waals surface area contributed by atoms with Gasteiger partial charge < -0.3 is 20.5 Å². The standard InChI is InChI=1S/C22H18Cl2F3N3O4S/c23-15-7-1-12(9-16(15)24)2-8-17-20(21(28)32)30-19(35-17)10-29-18(31)11-33-13-3-5-14(6-4-13)34-22(25,26)27/h1,3-7,9H,2,8,10-11H2,(H2,28,32)(H,29,31). The Kier molecular flexibility index (Phi) is 8.82. The first kappa shape index (κ1) is 26.6. The molecular formula is C22H18Cl2F3N3O4S. The summed E-state index contributed by atoms with van der Waals surface area (Å²) in [7, 11) is 0. The molecule has 35 heavy (non-hydrogen) atoms. The molecule has 3 aromatic rings. The quantitative estimate of drug-likeness (QED) is 0.374. The van der Waals surface area contributed by atoms with Gasteiger partial charge in [0.2, 0.25) is 0 Å². The number of carbonyl (C=O) groups excluding carboxylic acids is 2. The zero-order chi connectivity index (χ0) is 25.6. The fourth-order valence-corrected chi connectivity index (χ4v) is 4.24. The molecular weight excluding hydrogens is 530 g/mol. The number of primary amides is 1. The highest BCUT2D eigenvalue weighted by atomic mass is 35.5. The van der Waals surface area contributed by atoms with E-state index < -0.39 is 23.9 Å². The summed E-state index contributed by atoms with van der Waals surface area (Å²) in [6, 6.07) is 9.89. The van der Waals surface area contributed by atoms with Gasteiger partial charge in [-0.05, 0) is 54.8 Å². The average Bonchev–Trinajstić information content (AvgIpc) is 3.20. The second-order valence-corrected chi connectivity index (χ2v) is 9.06. The summed E-state index contributed by atoms with van der Waals surface area (Å²) in [5.41, 5.74) is 6.50. The molecule has 0 fully saturated rings. The summed E-state index contributed by atoms with van der Waals surface area (Å²) in [6.07, 6.45) is -3.74. The van der Waals surface area contributed by atoms with Crippen LogP contribution in [-0.2, 0) is 24.2 Å². The number of amides is 2. The SMILES string of the molecule is NC(=O)c1nc(CNC(=O)COc2ccc(OC(F)(F)F)cc2)sc1CCc1ccc(Cl)c(Cl)c1. The largest absolute Gasteiger partial charge is 0.573 e. The van der Waals surface area contributed by atoms with Crippen LogP contribution in [0.5, 0.6) is 11.5 Å². The second kappa shape index (κ2) is 11.6. The van der Waals surface area contributed by atoms with Crippen LogP contribution in [-0.4, -0.2) is 29.8 Å². The van der Waals surface area contributed by atoms with Crippen molar-refractivity contribution >= 4 is 46.4 Å². The van der Waals surface area contributed by atoms with Gasteiger partial charge in [0.1, 0.15) is 22.2 Å². The maximum absolute atomic E-state index is 12.2. The number of nitrogens with zero attached hydrogens (tertiary/aromatic N) is 1. The summed E-state index contributed by atoms with van der Waals surface area (Å²) in [5, 5.41) is 3.96. The summed E-state index contributed by atoms with van der Waals surface area (Å²) in [4.78, 5) is 28.8. The molecule has 2 amide bonds. The Bertz CT molecular complexity index is 1200. The molecule has 0 saturated heterocycles. The number of hydrogen-bond acceptors (Lipinski definition) is 6. The topological polar surface area (TPSA) is 104 Å². The molecule has 0 spiro atoms. The molecule has 1 aromatic heterocycles. The first-order chi connectivity index (χ1) is 16.5. The zero-order valence-corrected chi connectivity index (χ0v) is 20.2. The lowest BCUT2D eigenvalue weighted by Gasteiger charge is -2.10. The molecule has 0 atom stereocenters. The van der Waals surface area contributed by atoms with Crippen LogP contribution in [0.15, 0.2) is 42.5 Å². The third-order valence-electron chi connectivity index (χ3n) is 4.46. The van der Waals surface area contributed by atoms with Gasteiger partial charge in [0, 0.05) is 4.88 Å². The fraction of sp³-hybridized carbons (Fsp3) is 0.227. The molecule has 13 heteroatoms. The number of thiazole rings is 1. The molecule has 0 saturated carbocycles. The maximum Gasteiger partial charge on any atom is 0.573 e. The third-order valence-corrected chi connectivity index (χ3v) is 6.32. The van der Waals surface area contributed by atoms with Crippen molar-refractivity contribution in [1.82, 2.24) is 10.3 Å². The van der Waals surface area contributed by atoms with Crippen molar-refractivity contribution in [2.75, 3.05) is 6.61 Å². The van der Waals surface area contributed by atoms with Crippen LogP contribution in [0.4, 0.5) is 13.2 Å². The molecule has 186 valence electrons. The van der Waals surface area contributed by atoms with Crippen molar-refractivity contribution in [3.63, 3.8) is 0 Å². The molecule has 2 aromatic carbocycles. The number of benzene rings is 2. The minimum absolute atomic E-state index is 0.0400. The van der Waals surface area contributed by atoms with Gasteiger partial charge >= 0.3 is 6.36 Å². The average molecular weight is 548 g/mol.